The van der Waals surface area contributed by atoms with Crippen LogP contribution in [-0.2, 0) is 0 Å². The minimum absolute atomic E-state index is 0.0588. The molecular weight excluding hydrogens is 237 g/mol. The van der Waals surface area contributed by atoms with E-state index in [-0.39, 0.29) is 17.4 Å². The van der Waals surface area contributed by atoms with Gasteiger partial charge in [0.2, 0.25) is 0 Å². The second-order valence-corrected chi connectivity index (χ2v) is 4.49. The van der Waals surface area contributed by atoms with Gasteiger partial charge in [0.15, 0.2) is 0 Å². The fourth-order valence-electron chi connectivity index (χ4n) is 1.47. The molecule has 0 saturated heterocycles. The van der Waals surface area contributed by atoms with Gasteiger partial charge in [-0.1, -0.05) is 0 Å². The van der Waals surface area contributed by atoms with E-state index in [9.17, 15) is 9.18 Å². The first-order chi connectivity index (χ1) is 8.40. The SMILES string of the molecule is CC(CCN(C)C)Nc1ncc(F)cc1C(=O)O. The number of hydrogen-bond donors (Lipinski definition) is 2. The first-order valence-electron chi connectivity index (χ1n) is 5.70. The van der Waals surface area contributed by atoms with Crippen molar-refractivity contribution in [2.45, 2.75) is 19.4 Å². The Kier molecular flexibility index (Phi) is 5.03. The molecule has 0 amide bonds. The summed E-state index contributed by atoms with van der Waals surface area (Å²) in [5, 5.41) is 12.0. The lowest BCUT2D eigenvalue weighted by Crippen LogP contribution is -2.24. The van der Waals surface area contributed by atoms with Gasteiger partial charge in [0.25, 0.3) is 0 Å². The van der Waals surface area contributed by atoms with E-state index >= 15 is 0 Å². The zero-order valence-corrected chi connectivity index (χ0v) is 10.8. The van der Waals surface area contributed by atoms with E-state index < -0.39 is 11.8 Å². The van der Waals surface area contributed by atoms with Crippen molar-refractivity contribution in [3.8, 4) is 0 Å². The molecule has 0 bridgehead atoms. The number of carboxylic acid groups (broad SMARTS) is 1. The number of hydrogen-bond acceptors (Lipinski definition) is 4. The molecule has 0 aliphatic rings. The van der Waals surface area contributed by atoms with Crippen LogP contribution in [0.2, 0.25) is 0 Å². The van der Waals surface area contributed by atoms with Gasteiger partial charge in [0.1, 0.15) is 17.2 Å². The van der Waals surface area contributed by atoms with Crippen molar-refractivity contribution >= 4 is 11.8 Å². The monoisotopic (exact) mass is 255 g/mol. The van der Waals surface area contributed by atoms with Crippen molar-refractivity contribution < 1.29 is 14.3 Å². The quantitative estimate of drug-likeness (QED) is 0.809. The fraction of sp³-hybridized carbons (Fsp3) is 0.500. The maximum Gasteiger partial charge on any atom is 0.339 e. The van der Waals surface area contributed by atoms with Crippen LogP contribution < -0.4 is 5.32 Å². The lowest BCUT2D eigenvalue weighted by molar-refractivity contribution is 0.0697. The summed E-state index contributed by atoms with van der Waals surface area (Å²) >= 11 is 0. The van der Waals surface area contributed by atoms with Crippen molar-refractivity contribution in [2.24, 2.45) is 0 Å². The van der Waals surface area contributed by atoms with E-state index in [4.69, 9.17) is 5.11 Å². The number of nitrogens with one attached hydrogen (secondary N) is 1. The lowest BCUT2D eigenvalue weighted by Gasteiger charge is -2.18. The summed E-state index contributed by atoms with van der Waals surface area (Å²) in [5.41, 5.74) is -0.147. The molecule has 1 atom stereocenters. The van der Waals surface area contributed by atoms with Crippen LogP contribution in [0.5, 0.6) is 0 Å². The molecule has 1 aromatic rings. The Morgan fingerprint density at radius 2 is 2.28 bits per heavy atom. The number of anilines is 1. The third-order valence-electron chi connectivity index (χ3n) is 2.48. The number of carboxylic acids is 1. The predicted octanol–water partition coefficient (Wildman–Crippen LogP) is 1.67. The summed E-state index contributed by atoms with van der Waals surface area (Å²) in [6.45, 7) is 2.80. The molecule has 100 valence electrons. The summed E-state index contributed by atoms with van der Waals surface area (Å²) in [6.07, 6.45) is 1.85. The van der Waals surface area contributed by atoms with Gasteiger partial charge in [-0.2, -0.15) is 0 Å². The first-order valence-corrected chi connectivity index (χ1v) is 5.70. The zero-order valence-electron chi connectivity index (χ0n) is 10.8. The average Bonchev–Trinajstić information content (AvgIpc) is 2.28. The third-order valence-corrected chi connectivity index (χ3v) is 2.48. The highest BCUT2D eigenvalue weighted by molar-refractivity contribution is 5.93. The first kappa shape index (κ1) is 14.4. The maximum absolute atomic E-state index is 12.9. The van der Waals surface area contributed by atoms with Gasteiger partial charge < -0.3 is 15.3 Å². The molecule has 5 nitrogen and oxygen atoms in total. The molecule has 18 heavy (non-hydrogen) atoms. The van der Waals surface area contributed by atoms with Gasteiger partial charge in [0.05, 0.1) is 6.20 Å². The Morgan fingerprint density at radius 3 is 2.83 bits per heavy atom. The topological polar surface area (TPSA) is 65.5 Å². The van der Waals surface area contributed by atoms with Gasteiger partial charge in [-0.05, 0) is 40.1 Å². The molecular formula is C12H18FN3O2. The minimum atomic E-state index is -1.19. The molecule has 1 unspecified atom stereocenters. The Morgan fingerprint density at radius 1 is 1.61 bits per heavy atom. The Bertz CT molecular complexity index is 424. The normalized spacial score (nSPS) is 12.5. The number of halogens is 1. The smallest absolute Gasteiger partial charge is 0.339 e. The Hall–Kier alpha value is -1.69. The standard InChI is InChI=1S/C12H18FN3O2/c1-8(4-5-16(2)3)15-11-10(12(17)18)6-9(13)7-14-11/h6-8H,4-5H2,1-3H3,(H,14,15)(H,17,18). The number of nitrogens with zero attached hydrogens (tertiary/aromatic N) is 2. The van der Waals surface area contributed by atoms with Crippen LogP contribution in [0.4, 0.5) is 10.2 Å². The van der Waals surface area contributed by atoms with Gasteiger partial charge in [-0.15, -0.1) is 0 Å². The third kappa shape index (κ3) is 4.29. The van der Waals surface area contributed by atoms with Crippen LogP contribution >= 0.6 is 0 Å². The molecule has 0 aliphatic heterocycles. The van der Waals surface area contributed by atoms with Crippen molar-refractivity contribution in [3.05, 3.63) is 23.6 Å². The minimum Gasteiger partial charge on any atom is -0.478 e. The summed E-state index contributed by atoms with van der Waals surface area (Å²) < 4.78 is 12.9. The van der Waals surface area contributed by atoms with Gasteiger partial charge in [0, 0.05) is 6.04 Å². The van der Waals surface area contributed by atoms with Crippen LogP contribution in [0.3, 0.4) is 0 Å². The average molecular weight is 255 g/mol. The zero-order chi connectivity index (χ0) is 13.7. The van der Waals surface area contributed by atoms with E-state index in [1.54, 1.807) is 0 Å². The molecule has 0 saturated carbocycles. The van der Waals surface area contributed by atoms with E-state index in [1.165, 1.54) is 0 Å². The predicted molar refractivity (Wildman–Crippen MR) is 67.4 cm³/mol. The van der Waals surface area contributed by atoms with Crippen LogP contribution in [-0.4, -0.2) is 47.6 Å². The fourth-order valence-corrected chi connectivity index (χ4v) is 1.47. The van der Waals surface area contributed by atoms with Crippen LogP contribution in [0.15, 0.2) is 12.3 Å². The number of rotatable bonds is 6. The summed E-state index contributed by atoms with van der Waals surface area (Å²) in [5.74, 6) is -1.64. The van der Waals surface area contributed by atoms with E-state index in [0.29, 0.717) is 0 Å². The number of carbonyl (C=O) groups is 1. The molecule has 6 heteroatoms. The van der Waals surface area contributed by atoms with Gasteiger partial charge in [-0.3, -0.25) is 0 Å². The van der Waals surface area contributed by atoms with Gasteiger partial charge >= 0.3 is 5.97 Å². The van der Waals surface area contributed by atoms with Crippen molar-refractivity contribution in [3.63, 3.8) is 0 Å². The van der Waals surface area contributed by atoms with Gasteiger partial charge in [-0.25, -0.2) is 14.2 Å². The molecule has 1 aromatic heterocycles. The molecule has 0 radical (unpaired) electrons. The molecule has 1 rings (SSSR count). The second-order valence-electron chi connectivity index (χ2n) is 4.49. The highest BCUT2D eigenvalue weighted by atomic mass is 19.1. The largest absolute Gasteiger partial charge is 0.478 e. The number of aromatic carboxylic acids is 1. The van der Waals surface area contributed by atoms with Crippen LogP contribution in [0.1, 0.15) is 23.7 Å². The van der Waals surface area contributed by atoms with Crippen molar-refractivity contribution in [1.29, 1.82) is 0 Å². The van der Waals surface area contributed by atoms with E-state index in [1.807, 2.05) is 25.9 Å². The van der Waals surface area contributed by atoms with Crippen LogP contribution in [0, 0.1) is 5.82 Å². The van der Waals surface area contributed by atoms with E-state index in [0.717, 1.165) is 25.2 Å². The highest BCUT2D eigenvalue weighted by Gasteiger charge is 2.14. The van der Waals surface area contributed by atoms with Crippen molar-refractivity contribution in [2.75, 3.05) is 26.0 Å². The second kappa shape index (κ2) is 6.30. The Labute approximate surface area is 106 Å². The molecule has 0 aliphatic carbocycles. The van der Waals surface area contributed by atoms with E-state index in [2.05, 4.69) is 10.3 Å². The lowest BCUT2D eigenvalue weighted by atomic mass is 10.2. The molecule has 0 fully saturated rings. The molecule has 0 aromatic carbocycles. The molecule has 0 spiro atoms. The number of pyridine rings is 1. The molecule has 1 heterocycles. The summed E-state index contributed by atoms with van der Waals surface area (Å²) in [4.78, 5) is 16.8. The molecule has 2 N–H and O–H groups in total. The summed E-state index contributed by atoms with van der Waals surface area (Å²) in [6, 6.07) is 1.03. The number of aromatic nitrogens is 1. The highest BCUT2D eigenvalue weighted by Crippen LogP contribution is 2.15. The Balaban J connectivity index is 2.74. The van der Waals surface area contributed by atoms with Crippen molar-refractivity contribution in [1.82, 2.24) is 9.88 Å². The van der Waals surface area contributed by atoms with Crippen LogP contribution in [0.25, 0.3) is 0 Å². The summed E-state index contributed by atoms with van der Waals surface area (Å²) in [7, 11) is 3.93. The maximum atomic E-state index is 12.9.